The molecule has 1 aliphatic rings. The summed E-state index contributed by atoms with van der Waals surface area (Å²) < 4.78 is 10.5. The lowest BCUT2D eigenvalue weighted by atomic mass is 9.89. The van der Waals surface area contributed by atoms with E-state index in [4.69, 9.17) is 9.47 Å². The van der Waals surface area contributed by atoms with Gasteiger partial charge in [0.1, 0.15) is 5.69 Å². The smallest absolute Gasteiger partial charge is 0.237 e. The fourth-order valence-electron chi connectivity index (χ4n) is 2.34. The third-order valence-corrected chi connectivity index (χ3v) is 3.53. The predicted octanol–water partition coefficient (Wildman–Crippen LogP) is 1.08. The summed E-state index contributed by atoms with van der Waals surface area (Å²) in [4.78, 5) is 20.7. The summed E-state index contributed by atoms with van der Waals surface area (Å²) in [6.45, 7) is 5.51. The zero-order valence-corrected chi connectivity index (χ0v) is 12.2. The molecule has 110 valence electrons. The number of carbonyl (C=O) groups is 1. The average Bonchev–Trinajstić information content (AvgIpc) is 2.46. The zero-order valence-electron chi connectivity index (χ0n) is 12.2. The molecule has 0 bridgehead atoms. The Labute approximate surface area is 118 Å². The van der Waals surface area contributed by atoms with Crippen molar-refractivity contribution in [2.24, 2.45) is 11.8 Å². The Hall–Kier alpha value is -1.69. The van der Waals surface area contributed by atoms with Crippen LogP contribution in [0.3, 0.4) is 0 Å². The molecule has 2 unspecified atom stereocenters. The van der Waals surface area contributed by atoms with Crippen LogP contribution in [0, 0.1) is 18.8 Å². The monoisotopic (exact) mass is 279 g/mol. The highest BCUT2D eigenvalue weighted by Crippen LogP contribution is 2.21. The van der Waals surface area contributed by atoms with Gasteiger partial charge in [0.2, 0.25) is 11.8 Å². The van der Waals surface area contributed by atoms with Gasteiger partial charge < -0.3 is 14.8 Å². The van der Waals surface area contributed by atoms with Gasteiger partial charge >= 0.3 is 0 Å². The van der Waals surface area contributed by atoms with Crippen molar-refractivity contribution >= 4 is 5.91 Å². The lowest BCUT2D eigenvalue weighted by Gasteiger charge is -2.27. The highest BCUT2D eigenvalue weighted by atomic mass is 16.5. The van der Waals surface area contributed by atoms with Crippen LogP contribution in [0.5, 0.6) is 5.88 Å². The summed E-state index contributed by atoms with van der Waals surface area (Å²) in [5.41, 5.74) is 1.43. The molecule has 2 atom stereocenters. The second-order valence-electron chi connectivity index (χ2n) is 5.13. The van der Waals surface area contributed by atoms with E-state index in [-0.39, 0.29) is 17.7 Å². The number of nitrogens with one attached hydrogen (secondary N) is 1. The lowest BCUT2D eigenvalue weighted by molar-refractivity contribution is -0.130. The summed E-state index contributed by atoms with van der Waals surface area (Å²) in [6, 6.07) is 0. The number of aryl methyl sites for hydroxylation is 1. The number of ether oxygens (including phenoxy) is 2. The van der Waals surface area contributed by atoms with Crippen molar-refractivity contribution in [3.63, 3.8) is 0 Å². The Kier molecular flexibility index (Phi) is 4.89. The van der Waals surface area contributed by atoms with E-state index in [2.05, 4.69) is 15.3 Å². The van der Waals surface area contributed by atoms with Crippen LogP contribution in [0.4, 0.5) is 0 Å². The first-order chi connectivity index (χ1) is 9.61. The minimum absolute atomic E-state index is 0.00755. The van der Waals surface area contributed by atoms with Gasteiger partial charge in [0.05, 0.1) is 19.3 Å². The van der Waals surface area contributed by atoms with Crippen LogP contribution in [-0.4, -0.2) is 36.2 Å². The van der Waals surface area contributed by atoms with E-state index < -0.39 is 0 Å². The molecule has 2 rings (SSSR count). The van der Waals surface area contributed by atoms with Gasteiger partial charge in [-0.05, 0) is 19.3 Å². The second-order valence-corrected chi connectivity index (χ2v) is 5.13. The standard InChI is InChI=1S/C14H21N3O3/c1-9-8-20-5-4-11(9)13(18)16-7-12-14(19-3)17-10(2)6-15-12/h6,9,11H,4-5,7-8H2,1-3H3,(H,16,18). The fourth-order valence-corrected chi connectivity index (χ4v) is 2.34. The summed E-state index contributed by atoms with van der Waals surface area (Å²) >= 11 is 0. The molecule has 2 heterocycles. The number of carbonyl (C=O) groups excluding carboxylic acids is 1. The largest absolute Gasteiger partial charge is 0.480 e. The van der Waals surface area contributed by atoms with Gasteiger partial charge in [-0.2, -0.15) is 0 Å². The Morgan fingerprint density at radius 1 is 1.60 bits per heavy atom. The average molecular weight is 279 g/mol. The molecular weight excluding hydrogens is 258 g/mol. The van der Waals surface area contributed by atoms with E-state index in [9.17, 15) is 4.79 Å². The SMILES string of the molecule is COc1nc(C)cnc1CNC(=O)C1CCOCC1C. The number of hydrogen-bond donors (Lipinski definition) is 1. The maximum atomic E-state index is 12.2. The molecule has 20 heavy (non-hydrogen) atoms. The van der Waals surface area contributed by atoms with Crippen molar-refractivity contribution in [2.45, 2.75) is 26.8 Å². The van der Waals surface area contributed by atoms with Crippen LogP contribution >= 0.6 is 0 Å². The molecule has 1 aromatic rings. The highest BCUT2D eigenvalue weighted by Gasteiger charge is 2.28. The quantitative estimate of drug-likeness (QED) is 0.893. The first-order valence-electron chi connectivity index (χ1n) is 6.83. The fraction of sp³-hybridized carbons (Fsp3) is 0.643. The molecule has 1 fully saturated rings. The van der Waals surface area contributed by atoms with E-state index in [1.165, 1.54) is 0 Å². The number of amides is 1. The van der Waals surface area contributed by atoms with Crippen molar-refractivity contribution in [1.82, 2.24) is 15.3 Å². The van der Waals surface area contributed by atoms with E-state index in [1.807, 2.05) is 13.8 Å². The lowest BCUT2D eigenvalue weighted by Crippen LogP contribution is -2.38. The summed E-state index contributed by atoms with van der Waals surface area (Å²) in [5.74, 6) is 0.762. The topological polar surface area (TPSA) is 73.3 Å². The van der Waals surface area contributed by atoms with Gasteiger partial charge in [0.25, 0.3) is 0 Å². The molecule has 0 aromatic carbocycles. The Balaban J connectivity index is 1.96. The first-order valence-corrected chi connectivity index (χ1v) is 6.83. The highest BCUT2D eigenvalue weighted by molar-refractivity contribution is 5.79. The van der Waals surface area contributed by atoms with Crippen LogP contribution in [0.2, 0.25) is 0 Å². The molecule has 6 heteroatoms. The van der Waals surface area contributed by atoms with Crippen molar-refractivity contribution in [2.75, 3.05) is 20.3 Å². The normalized spacial score (nSPS) is 22.4. The third kappa shape index (κ3) is 3.45. The maximum Gasteiger partial charge on any atom is 0.237 e. The Bertz CT molecular complexity index is 479. The number of methoxy groups -OCH3 is 1. The second kappa shape index (κ2) is 6.65. The van der Waals surface area contributed by atoms with Gasteiger partial charge in [0.15, 0.2) is 0 Å². The van der Waals surface area contributed by atoms with Crippen LogP contribution in [0.25, 0.3) is 0 Å². The maximum absolute atomic E-state index is 12.2. The molecule has 1 N–H and O–H groups in total. The van der Waals surface area contributed by atoms with E-state index in [0.29, 0.717) is 31.3 Å². The van der Waals surface area contributed by atoms with Crippen molar-refractivity contribution in [1.29, 1.82) is 0 Å². The molecule has 0 radical (unpaired) electrons. The van der Waals surface area contributed by atoms with Gasteiger partial charge in [-0.15, -0.1) is 0 Å². The van der Waals surface area contributed by atoms with Crippen LogP contribution in [0.15, 0.2) is 6.20 Å². The van der Waals surface area contributed by atoms with Crippen LogP contribution in [0.1, 0.15) is 24.7 Å². The number of aromatic nitrogens is 2. The summed E-state index contributed by atoms with van der Waals surface area (Å²) in [5, 5.41) is 2.92. The van der Waals surface area contributed by atoms with Crippen molar-refractivity contribution in [3.05, 3.63) is 17.6 Å². The summed E-state index contributed by atoms with van der Waals surface area (Å²) in [7, 11) is 1.55. The molecule has 1 amide bonds. The van der Waals surface area contributed by atoms with Gasteiger partial charge in [-0.3, -0.25) is 9.78 Å². The minimum atomic E-state index is 0.00755. The van der Waals surface area contributed by atoms with Crippen molar-refractivity contribution in [3.8, 4) is 5.88 Å². The van der Waals surface area contributed by atoms with E-state index in [1.54, 1.807) is 13.3 Å². The van der Waals surface area contributed by atoms with E-state index in [0.717, 1.165) is 12.1 Å². The van der Waals surface area contributed by atoms with Gasteiger partial charge in [0, 0.05) is 25.3 Å². The van der Waals surface area contributed by atoms with Gasteiger partial charge in [-0.1, -0.05) is 6.92 Å². The predicted molar refractivity (Wildman–Crippen MR) is 73.3 cm³/mol. The van der Waals surface area contributed by atoms with Crippen LogP contribution in [-0.2, 0) is 16.1 Å². The first kappa shape index (κ1) is 14.7. The molecule has 1 aromatic heterocycles. The van der Waals surface area contributed by atoms with E-state index >= 15 is 0 Å². The number of hydrogen-bond acceptors (Lipinski definition) is 5. The molecule has 0 aliphatic carbocycles. The molecule has 6 nitrogen and oxygen atoms in total. The molecule has 0 saturated carbocycles. The Morgan fingerprint density at radius 2 is 2.40 bits per heavy atom. The third-order valence-electron chi connectivity index (χ3n) is 3.53. The molecule has 1 saturated heterocycles. The molecular formula is C14H21N3O3. The zero-order chi connectivity index (χ0) is 14.5. The Morgan fingerprint density at radius 3 is 3.10 bits per heavy atom. The molecule has 0 spiro atoms. The summed E-state index contributed by atoms with van der Waals surface area (Å²) in [6.07, 6.45) is 2.44. The number of rotatable bonds is 4. The van der Waals surface area contributed by atoms with Gasteiger partial charge in [-0.25, -0.2) is 4.98 Å². The minimum Gasteiger partial charge on any atom is -0.480 e. The number of nitrogens with zero attached hydrogens (tertiary/aromatic N) is 2. The van der Waals surface area contributed by atoms with Crippen molar-refractivity contribution < 1.29 is 14.3 Å². The molecule has 1 aliphatic heterocycles. The van der Waals surface area contributed by atoms with Crippen LogP contribution < -0.4 is 10.1 Å².